The van der Waals surface area contributed by atoms with Gasteiger partial charge >= 0.3 is 0 Å². The number of rotatable bonds is 4. The first-order valence-corrected chi connectivity index (χ1v) is 6.86. The molecule has 0 radical (unpaired) electrons. The van der Waals surface area contributed by atoms with Crippen molar-refractivity contribution in [3.05, 3.63) is 54.0 Å². The molecular formula is C16H17N3O. The van der Waals surface area contributed by atoms with Gasteiger partial charge in [-0.15, -0.1) is 0 Å². The third-order valence-corrected chi connectivity index (χ3v) is 3.33. The number of aromatic nitrogens is 3. The van der Waals surface area contributed by atoms with Crippen LogP contribution in [0, 0.1) is 0 Å². The molecule has 102 valence electrons. The lowest BCUT2D eigenvalue weighted by Gasteiger charge is -2.08. The number of benzene rings is 1. The number of nitrogens with zero attached hydrogens (tertiary/aromatic N) is 3. The Kier molecular flexibility index (Phi) is 3.37. The van der Waals surface area contributed by atoms with E-state index in [4.69, 9.17) is 0 Å². The number of phenols is 1. The molecule has 0 bridgehead atoms. The fraction of sp³-hybridized carbons (Fsp3) is 0.250. The first-order chi connectivity index (χ1) is 9.78. The van der Waals surface area contributed by atoms with Crippen molar-refractivity contribution in [3.63, 3.8) is 0 Å². The normalized spacial score (nSPS) is 11.1. The minimum Gasteiger partial charge on any atom is -0.508 e. The molecule has 0 aliphatic heterocycles. The van der Waals surface area contributed by atoms with Gasteiger partial charge in [0.15, 0.2) is 5.65 Å². The molecule has 0 unspecified atom stereocenters. The van der Waals surface area contributed by atoms with Gasteiger partial charge in [-0.2, -0.15) is 0 Å². The van der Waals surface area contributed by atoms with Gasteiger partial charge in [0.1, 0.15) is 17.1 Å². The molecule has 0 saturated carbocycles. The molecule has 0 amide bonds. The third kappa shape index (κ3) is 2.37. The summed E-state index contributed by atoms with van der Waals surface area (Å²) in [6.07, 6.45) is 3.79. The van der Waals surface area contributed by atoms with Gasteiger partial charge in [0.05, 0.1) is 6.54 Å². The largest absolute Gasteiger partial charge is 0.508 e. The smallest absolute Gasteiger partial charge is 0.160 e. The van der Waals surface area contributed by atoms with Crippen molar-refractivity contribution in [2.45, 2.75) is 26.3 Å². The number of hydrogen-bond donors (Lipinski definition) is 1. The molecule has 0 fully saturated rings. The Morgan fingerprint density at radius 1 is 1.15 bits per heavy atom. The standard InChI is InChI=1S/C16H17N3O/c1-2-4-15-18-14-5-3-10-17-16(14)19(15)11-12-6-8-13(20)9-7-12/h3,5-10,20H,2,4,11H2,1H3. The van der Waals surface area contributed by atoms with Crippen LogP contribution in [0.3, 0.4) is 0 Å². The van der Waals surface area contributed by atoms with Crippen LogP contribution >= 0.6 is 0 Å². The maximum atomic E-state index is 9.36. The number of aryl methyl sites for hydroxylation is 1. The Hall–Kier alpha value is -2.36. The molecule has 4 nitrogen and oxygen atoms in total. The minimum atomic E-state index is 0.288. The van der Waals surface area contributed by atoms with Gasteiger partial charge in [0.2, 0.25) is 0 Å². The van der Waals surface area contributed by atoms with Crippen LogP contribution in [0.5, 0.6) is 5.75 Å². The van der Waals surface area contributed by atoms with E-state index in [0.29, 0.717) is 0 Å². The highest BCUT2D eigenvalue weighted by atomic mass is 16.3. The molecule has 4 heteroatoms. The second-order valence-electron chi connectivity index (χ2n) is 4.88. The van der Waals surface area contributed by atoms with Crippen LogP contribution in [0.1, 0.15) is 24.7 Å². The second-order valence-corrected chi connectivity index (χ2v) is 4.88. The van der Waals surface area contributed by atoms with E-state index < -0.39 is 0 Å². The maximum Gasteiger partial charge on any atom is 0.160 e. The van der Waals surface area contributed by atoms with Crippen molar-refractivity contribution >= 4 is 11.2 Å². The van der Waals surface area contributed by atoms with Crippen LogP contribution in [0.15, 0.2) is 42.6 Å². The van der Waals surface area contributed by atoms with Gasteiger partial charge < -0.3 is 9.67 Å². The molecule has 20 heavy (non-hydrogen) atoms. The van der Waals surface area contributed by atoms with Crippen LogP contribution in [0.2, 0.25) is 0 Å². The SMILES string of the molecule is CCCc1nc2cccnc2n1Cc1ccc(O)cc1. The van der Waals surface area contributed by atoms with Crippen molar-refractivity contribution in [3.8, 4) is 5.75 Å². The predicted octanol–water partition coefficient (Wildman–Crippen LogP) is 3.14. The maximum absolute atomic E-state index is 9.36. The van der Waals surface area contributed by atoms with Crippen LogP contribution in [0.25, 0.3) is 11.2 Å². The van der Waals surface area contributed by atoms with Gasteiger partial charge in [0, 0.05) is 12.6 Å². The van der Waals surface area contributed by atoms with E-state index in [9.17, 15) is 5.11 Å². The fourth-order valence-corrected chi connectivity index (χ4v) is 2.37. The molecule has 1 N–H and O–H groups in total. The molecular weight excluding hydrogens is 250 g/mol. The molecule has 0 atom stereocenters. The average Bonchev–Trinajstić information content (AvgIpc) is 2.80. The van der Waals surface area contributed by atoms with E-state index in [2.05, 4.69) is 21.5 Å². The Morgan fingerprint density at radius 2 is 1.95 bits per heavy atom. The molecule has 3 rings (SSSR count). The number of fused-ring (bicyclic) bond motifs is 1. The lowest BCUT2D eigenvalue weighted by molar-refractivity contribution is 0.475. The van der Waals surface area contributed by atoms with Crippen molar-refractivity contribution < 1.29 is 5.11 Å². The Balaban J connectivity index is 2.04. The fourth-order valence-electron chi connectivity index (χ4n) is 2.37. The second kappa shape index (κ2) is 5.33. The Morgan fingerprint density at radius 3 is 2.70 bits per heavy atom. The molecule has 0 saturated heterocycles. The molecule has 0 aliphatic carbocycles. The van der Waals surface area contributed by atoms with E-state index in [1.807, 2.05) is 24.3 Å². The average molecular weight is 267 g/mol. The van der Waals surface area contributed by atoms with Crippen molar-refractivity contribution in [2.24, 2.45) is 0 Å². The molecule has 0 spiro atoms. The lowest BCUT2D eigenvalue weighted by Crippen LogP contribution is -2.05. The zero-order chi connectivity index (χ0) is 13.9. The summed E-state index contributed by atoms with van der Waals surface area (Å²) in [6, 6.07) is 11.2. The van der Waals surface area contributed by atoms with Crippen LogP contribution < -0.4 is 0 Å². The van der Waals surface area contributed by atoms with E-state index in [0.717, 1.165) is 41.9 Å². The molecule has 0 aliphatic rings. The van der Waals surface area contributed by atoms with Gasteiger partial charge in [0.25, 0.3) is 0 Å². The molecule has 3 aromatic rings. The summed E-state index contributed by atoms with van der Waals surface area (Å²) < 4.78 is 2.16. The van der Waals surface area contributed by atoms with E-state index in [1.54, 1.807) is 18.3 Å². The highest BCUT2D eigenvalue weighted by Crippen LogP contribution is 2.18. The monoisotopic (exact) mass is 267 g/mol. The third-order valence-electron chi connectivity index (χ3n) is 3.33. The Bertz CT molecular complexity index is 716. The number of aromatic hydroxyl groups is 1. The Labute approximate surface area is 117 Å². The quantitative estimate of drug-likeness (QED) is 0.790. The van der Waals surface area contributed by atoms with Gasteiger partial charge in [-0.1, -0.05) is 19.1 Å². The van der Waals surface area contributed by atoms with Crippen LogP contribution in [-0.4, -0.2) is 19.6 Å². The lowest BCUT2D eigenvalue weighted by atomic mass is 10.2. The van der Waals surface area contributed by atoms with E-state index in [1.165, 1.54) is 0 Å². The van der Waals surface area contributed by atoms with Gasteiger partial charge in [-0.05, 0) is 36.2 Å². The molecule has 1 aromatic carbocycles. The zero-order valence-electron chi connectivity index (χ0n) is 11.5. The van der Waals surface area contributed by atoms with Gasteiger partial charge in [-0.3, -0.25) is 0 Å². The molecule has 2 heterocycles. The summed E-state index contributed by atoms with van der Waals surface area (Å²) in [5.41, 5.74) is 2.99. The number of phenolic OH excluding ortho intramolecular Hbond substituents is 1. The van der Waals surface area contributed by atoms with Crippen molar-refractivity contribution in [1.29, 1.82) is 0 Å². The summed E-state index contributed by atoms with van der Waals surface area (Å²) >= 11 is 0. The summed E-state index contributed by atoms with van der Waals surface area (Å²) in [6.45, 7) is 2.88. The van der Waals surface area contributed by atoms with Crippen molar-refractivity contribution in [1.82, 2.24) is 14.5 Å². The minimum absolute atomic E-state index is 0.288. The highest BCUT2D eigenvalue weighted by molar-refractivity contribution is 5.71. The number of imidazole rings is 1. The van der Waals surface area contributed by atoms with Crippen LogP contribution in [0.4, 0.5) is 0 Å². The first kappa shape index (κ1) is 12.7. The summed E-state index contributed by atoms with van der Waals surface area (Å²) in [7, 11) is 0. The zero-order valence-corrected chi connectivity index (χ0v) is 11.5. The number of pyridine rings is 1. The summed E-state index contributed by atoms with van der Waals surface area (Å²) in [5, 5.41) is 9.36. The summed E-state index contributed by atoms with van der Waals surface area (Å²) in [5.74, 6) is 1.35. The predicted molar refractivity (Wildman–Crippen MR) is 78.7 cm³/mol. The van der Waals surface area contributed by atoms with E-state index in [-0.39, 0.29) is 5.75 Å². The number of hydrogen-bond acceptors (Lipinski definition) is 3. The van der Waals surface area contributed by atoms with Crippen molar-refractivity contribution in [2.75, 3.05) is 0 Å². The highest BCUT2D eigenvalue weighted by Gasteiger charge is 2.11. The van der Waals surface area contributed by atoms with Gasteiger partial charge in [-0.25, -0.2) is 9.97 Å². The topological polar surface area (TPSA) is 50.9 Å². The van der Waals surface area contributed by atoms with Crippen LogP contribution in [-0.2, 0) is 13.0 Å². The first-order valence-electron chi connectivity index (χ1n) is 6.86. The van der Waals surface area contributed by atoms with E-state index >= 15 is 0 Å². The summed E-state index contributed by atoms with van der Waals surface area (Å²) in [4.78, 5) is 9.12. The molecule has 2 aromatic heterocycles.